The van der Waals surface area contributed by atoms with Crippen LogP contribution in [0.2, 0.25) is 36.3 Å². The average molecular weight is 508 g/mol. The Morgan fingerprint density at radius 2 is 1.74 bits per heavy atom. The highest BCUT2D eigenvalue weighted by Gasteiger charge is 2.46. The molecule has 0 amide bonds. The van der Waals surface area contributed by atoms with Gasteiger partial charge in [0.15, 0.2) is 22.5 Å². The first-order valence-electron chi connectivity index (χ1n) is 11.9. The molecule has 3 rings (SSSR count). The van der Waals surface area contributed by atoms with Crippen LogP contribution in [0.5, 0.6) is 0 Å². The predicted molar refractivity (Wildman–Crippen MR) is 137 cm³/mol. The van der Waals surface area contributed by atoms with Crippen molar-refractivity contribution in [2.24, 2.45) is 0 Å². The second-order valence-electron chi connectivity index (χ2n) is 12.2. The third-order valence-electron chi connectivity index (χ3n) is 7.63. The quantitative estimate of drug-likeness (QED) is 0.509. The molecule has 2 aromatic rings. The van der Waals surface area contributed by atoms with Gasteiger partial charge in [-0.2, -0.15) is 10.1 Å². The average Bonchev–Trinajstić information content (AvgIpc) is 3.34. The predicted octanol–water partition coefficient (Wildman–Crippen LogP) is 4.52. The van der Waals surface area contributed by atoms with Gasteiger partial charge >= 0.3 is 5.69 Å². The fraction of sp³-hybridized carbons (Fsp3) is 0.739. The summed E-state index contributed by atoms with van der Waals surface area (Å²) in [5.74, 6) is 0.420. The monoisotopic (exact) mass is 507 g/mol. The molecule has 1 aliphatic heterocycles. The summed E-state index contributed by atoms with van der Waals surface area (Å²) in [5, 5.41) is 4.20. The topological polar surface area (TPSA) is 93.3 Å². The lowest BCUT2D eigenvalue weighted by Crippen LogP contribution is -2.48. The van der Waals surface area contributed by atoms with Crippen LogP contribution in [0.1, 0.15) is 54.2 Å². The van der Waals surface area contributed by atoms with Crippen LogP contribution in [0.15, 0.2) is 29.7 Å². The summed E-state index contributed by atoms with van der Waals surface area (Å²) < 4.78 is 22.7. The van der Waals surface area contributed by atoms with Crippen LogP contribution in [0.4, 0.5) is 0 Å². The van der Waals surface area contributed by atoms with Gasteiger partial charge in [-0.1, -0.05) is 41.5 Å². The van der Waals surface area contributed by atoms with E-state index in [-0.39, 0.29) is 22.3 Å². The Labute approximate surface area is 205 Å². The molecule has 0 N–H and O–H groups in total. The summed E-state index contributed by atoms with van der Waals surface area (Å²) in [4.78, 5) is 21.0. The number of nitrogens with zero attached hydrogens (tertiary/aromatic N) is 5. The molecule has 3 atom stereocenters. The van der Waals surface area contributed by atoms with Gasteiger partial charge in [0.2, 0.25) is 0 Å². The maximum atomic E-state index is 12.9. The Balaban J connectivity index is 1.84. The van der Waals surface area contributed by atoms with Crippen molar-refractivity contribution in [3.8, 4) is 5.82 Å². The molecule has 3 heterocycles. The lowest BCUT2D eigenvalue weighted by molar-refractivity contribution is -0.0412. The zero-order valence-corrected chi connectivity index (χ0v) is 24.3. The van der Waals surface area contributed by atoms with Gasteiger partial charge in [0.25, 0.3) is 0 Å². The molecular weight excluding hydrogens is 466 g/mol. The van der Waals surface area contributed by atoms with Crippen LogP contribution in [0.25, 0.3) is 5.82 Å². The molecule has 2 aromatic heterocycles. The van der Waals surface area contributed by atoms with E-state index in [0.29, 0.717) is 18.8 Å². The summed E-state index contributed by atoms with van der Waals surface area (Å²) >= 11 is 0. The van der Waals surface area contributed by atoms with E-state index >= 15 is 0 Å². The number of hydrogen-bond donors (Lipinski definition) is 0. The zero-order chi connectivity index (χ0) is 25.5. The van der Waals surface area contributed by atoms with Crippen molar-refractivity contribution >= 4 is 16.6 Å². The van der Waals surface area contributed by atoms with Crippen molar-refractivity contribution in [2.45, 2.75) is 103 Å². The van der Waals surface area contributed by atoms with Crippen molar-refractivity contribution in [1.29, 1.82) is 0 Å². The molecular formula is C23H41N5O4Si2. The molecule has 0 radical (unpaired) electrons. The van der Waals surface area contributed by atoms with E-state index in [1.165, 1.54) is 21.9 Å². The highest BCUT2D eigenvalue weighted by molar-refractivity contribution is 6.74. The summed E-state index contributed by atoms with van der Waals surface area (Å²) in [6.45, 7) is 22.8. The number of rotatable bonds is 7. The molecule has 34 heavy (non-hydrogen) atoms. The molecule has 0 spiro atoms. The van der Waals surface area contributed by atoms with Crippen molar-refractivity contribution in [1.82, 2.24) is 24.3 Å². The smallest absolute Gasteiger partial charge is 0.351 e. The number of hydrogen-bond acceptors (Lipinski definition) is 7. The molecule has 11 heteroatoms. The molecule has 0 bridgehead atoms. The standard InChI is InChI=1S/C23H41N5O4Si2/c1-22(2,3)33(7,8)30-14-18-17(32-34(9,10)23(4,5)6)13-20(31-18)27-12-11-19(26-21(27)29)28-16-24-15-25-28/h11-12,15-18,20H,13-14H2,1-10H3/t17-,18+,20+/m0/s1. The Kier molecular flexibility index (Phi) is 7.46. The highest BCUT2D eigenvalue weighted by atomic mass is 28.4. The Hall–Kier alpha value is -1.67. The van der Waals surface area contributed by atoms with E-state index in [1.807, 2.05) is 0 Å². The molecule has 0 unspecified atom stereocenters. The van der Waals surface area contributed by atoms with E-state index in [9.17, 15) is 4.79 Å². The maximum Gasteiger partial charge on any atom is 0.351 e. The molecule has 0 aliphatic carbocycles. The summed E-state index contributed by atoms with van der Waals surface area (Å²) in [6.07, 6.45) is 4.32. The first-order valence-corrected chi connectivity index (χ1v) is 17.7. The van der Waals surface area contributed by atoms with Gasteiger partial charge in [-0.25, -0.2) is 14.5 Å². The van der Waals surface area contributed by atoms with E-state index in [1.54, 1.807) is 12.3 Å². The van der Waals surface area contributed by atoms with Gasteiger partial charge in [0.05, 0.1) is 12.7 Å². The van der Waals surface area contributed by atoms with E-state index in [0.717, 1.165) is 0 Å². The molecule has 1 fully saturated rings. The minimum Gasteiger partial charge on any atom is -0.414 e. The van der Waals surface area contributed by atoms with E-state index in [2.05, 4.69) is 82.8 Å². The zero-order valence-electron chi connectivity index (χ0n) is 22.3. The summed E-state index contributed by atoms with van der Waals surface area (Å²) in [5.41, 5.74) is -0.393. The molecule has 0 aromatic carbocycles. The molecule has 1 aliphatic rings. The van der Waals surface area contributed by atoms with Crippen LogP contribution < -0.4 is 5.69 Å². The van der Waals surface area contributed by atoms with Crippen molar-refractivity contribution < 1.29 is 13.6 Å². The second kappa shape index (κ2) is 9.42. The van der Waals surface area contributed by atoms with Crippen molar-refractivity contribution in [3.63, 3.8) is 0 Å². The molecule has 0 saturated carbocycles. The third kappa shape index (κ3) is 5.76. The lowest BCUT2D eigenvalue weighted by Gasteiger charge is -2.40. The first kappa shape index (κ1) is 26.9. The van der Waals surface area contributed by atoms with Gasteiger partial charge in [-0.3, -0.25) is 4.57 Å². The number of aromatic nitrogens is 5. The fourth-order valence-corrected chi connectivity index (χ4v) is 5.66. The SMILES string of the molecule is CC(C)(C)[Si](C)(C)OC[C@H]1O[C@@H](n2ccc(-n3cncn3)nc2=O)C[C@@H]1O[Si](C)(C)C(C)(C)C. The molecule has 9 nitrogen and oxygen atoms in total. The van der Waals surface area contributed by atoms with Crippen LogP contribution in [0.3, 0.4) is 0 Å². The molecule has 1 saturated heterocycles. The van der Waals surface area contributed by atoms with Gasteiger partial charge < -0.3 is 13.6 Å². The van der Waals surface area contributed by atoms with Crippen LogP contribution in [0, 0.1) is 0 Å². The van der Waals surface area contributed by atoms with Crippen LogP contribution in [-0.2, 0) is 13.6 Å². The molecule has 190 valence electrons. The van der Waals surface area contributed by atoms with Crippen molar-refractivity contribution in [2.75, 3.05) is 6.61 Å². The van der Waals surface area contributed by atoms with E-state index in [4.69, 9.17) is 13.6 Å². The first-order chi connectivity index (χ1) is 15.5. The minimum absolute atomic E-state index is 0.0633. The van der Waals surface area contributed by atoms with Crippen LogP contribution >= 0.6 is 0 Å². The van der Waals surface area contributed by atoms with Gasteiger partial charge in [-0.15, -0.1) is 0 Å². The second-order valence-corrected chi connectivity index (χ2v) is 21.7. The summed E-state index contributed by atoms with van der Waals surface area (Å²) in [6, 6.07) is 1.74. The lowest BCUT2D eigenvalue weighted by atomic mass is 10.2. The van der Waals surface area contributed by atoms with Crippen LogP contribution in [-0.4, -0.2) is 59.8 Å². The third-order valence-corrected chi connectivity index (χ3v) is 16.6. The number of ether oxygens (including phenoxy) is 1. The van der Waals surface area contributed by atoms with E-state index < -0.39 is 28.6 Å². The normalized spacial score (nSPS) is 22.4. The Bertz CT molecular complexity index is 1030. The maximum absolute atomic E-state index is 12.9. The fourth-order valence-electron chi connectivity index (χ4n) is 3.28. The largest absolute Gasteiger partial charge is 0.414 e. The van der Waals surface area contributed by atoms with Crippen molar-refractivity contribution in [3.05, 3.63) is 35.4 Å². The Morgan fingerprint density at radius 1 is 1.09 bits per heavy atom. The van der Waals surface area contributed by atoms with Gasteiger partial charge in [0.1, 0.15) is 25.0 Å². The Morgan fingerprint density at radius 3 is 2.26 bits per heavy atom. The highest BCUT2D eigenvalue weighted by Crippen LogP contribution is 2.42. The van der Waals surface area contributed by atoms with Gasteiger partial charge in [0, 0.05) is 12.6 Å². The van der Waals surface area contributed by atoms with Gasteiger partial charge in [-0.05, 0) is 42.3 Å². The minimum atomic E-state index is -2.06. The summed E-state index contributed by atoms with van der Waals surface area (Å²) in [7, 11) is -4.03.